The van der Waals surface area contributed by atoms with Crippen LogP contribution in [0.1, 0.15) is 64.2 Å². The number of carbonyl (C=O) groups is 1. The number of esters is 1. The van der Waals surface area contributed by atoms with Gasteiger partial charge in [0, 0.05) is 29.7 Å². The molecule has 8 bridgehead atoms. The summed E-state index contributed by atoms with van der Waals surface area (Å²) in [5.74, 6) is 3.51. The number of hydrogen-bond acceptors (Lipinski definition) is 7. The van der Waals surface area contributed by atoms with Gasteiger partial charge in [-0.2, -0.15) is 0 Å². The van der Waals surface area contributed by atoms with E-state index in [1.54, 1.807) is 0 Å². The Hall–Kier alpha value is -0.990. The van der Waals surface area contributed by atoms with E-state index in [9.17, 15) is 4.79 Å². The van der Waals surface area contributed by atoms with Crippen LogP contribution < -0.4 is 0 Å². The number of rotatable bonds is 3. The maximum absolute atomic E-state index is 12.0. The monoisotopic (exact) mass is 498 g/mol. The fourth-order valence-electron chi connectivity index (χ4n) is 11.1. The molecule has 11 rings (SSSR count). The molecule has 11 fully saturated rings. The fraction of sp³-hybridized carbons (Fsp3) is 0.897. The Kier molecular flexibility index (Phi) is 4.47. The molecule has 36 heavy (non-hydrogen) atoms. The van der Waals surface area contributed by atoms with Gasteiger partial charge in [-0.25, -0.2) is 4.79 Å². The lowest BCUT2D eigenvalue weighted by molar-refractivity contribution is -0.325. The van der Waals surface area contributed by atoms with Crippen molar-refractivity contribution in [2.45, 2.75) is 106 Å². The number of carbonyl (C=O) groups excluding carboxylic acids is 1. The summed E-state index contributed by atoms with van der Waals surface area (Å²) in [4.78, 5) is 12.0. The molecule has 2 spiro atoms. The molecule has 5 atom stereocenters. The average Bonchev–Trinajstić information content (AvgIpc) is 3.44. The van der Waals surface area contributed by atoms with Crippen LogP contribution in [0.25, 0.3) is 0 Å². The summed E-state index contributed by atoms with van der Waals surface area (Å²) in [6.07, 6.45) is 11.8. The zero-order valence-corrected chi connectivity index (χ0v) is 20.9. The first-order valence-electron chi connectivity index (χ1n) is 14.7. The fourth-order valence-corrected chi connectivity index (χ4v) is 11.1. The largest absolute Gasteiger partial charge is 0.460 e. The molecule has 196 valence electrons. The van der Waals surface area contributed by atoms with Crippen LogP contribution in [-0.4, -0.2) is 54.9 Å². The summed E-state index contributed by atoms with van der Waals surface area (Å²) in [5.41, 5.74) is 0. The van der Waals surface area contributed by atoms with Gasteiger partial charge in [0.2, 0.25) is 0 Å². The molecule has 1 unspecified atom stereocenters. The highest BCUT2D eigenvalue weighted by atomic mass is 16.9. The quantitative estimate of drug-likeness (QED) is 0.431. The van der Waals surface area contributed by atoms with E-state index in [0.717, 1.165) is 23.7 Å². The smallest absolute Gasteiger partial charge is 0.330 e. The first-order valence-corrected chi connectivity index (χ1v) is 14.7. The van der Waals surface area contributed by atoms with E-state index in [1.807, 2.05) is 0 Å². The van der Waals surface area contributed by atoms with Crippen molar-refractivity contribution in [3.8, 4) is 0 Å². The third kappa shape index (κ3) is 2.79. The SMILES string of the molecule is C=CC(=O)OC[C@H]1OC2OC3(O[C@@H]2[C@H]2OC4(O[C@H]21)C1CC2CC(C1)CC4C2)C1CC2CC(C1)CC3C2. The van der Waals surface area contributed by atoms with E-state index >= 15 is 0 Å². The Morgan fingerprint density at radius 1 is 0.694 bits per heavy atom. The van der Waals surface area contributed by atoms with Crippen LogP contribution in [0, 0.1) is 47.3 Å². The Morgan fingerprint density at radius 3 is 1.69 bits per heavy atom. The zero-order chi connectivity index (χ0) is 23.8. The molecule has 8 aliphatic carbocycles. The Balaban J connectivity index is 1.05. The molecule has 7 heteroatoms. The predicted molar refractivity (Wildman–Crippen MR) is 125 cm³/mol. The Morgan fingerprint density at radius 2 is 1.17 bits per heavy atom. The molecule has 0 aromatic carbocycles. The van der Waals surface area contributed by atoms with Gasteiger partial charge >= 0.3 is 5.97 Å². The molecule has 7 nitrogen and oxygen atoms in total. The number of ether oxygens (including phenoxy) is 6. The van der Waals surface area contributed by atoms with E-state index in [1.165, 1.54) is 70.3 Å². The van der Waals surface area contributed by atoms with E-state index in [2.05, 4.69) is 6.58 Å². The second-order valence-electron chi connectivity index (χ2n) is 13.8. The molecule has 3 aliphatic heterocycles. The average molecular weight is 499 g/mol. The lowest BCUT2D eigenvalue weighted by Gasteiger charge is -2.58. The zero-order valence-electron chi connectivity index (χ0n) is 20.9. The van der Waals surface area contributed by atoms with E-state index in [4.69, 9.17) is 28.4 Å². The first-order chi connectivity index (χ1) is 17.5. The molecule has 0 radical (unpaired) electrons. The molecule has 0 amide bonds. The summed E-state index contributed by atoms with van der Waals surface area (Å²) >= 11 is 0. The van der Waals surface area contributed by atoms with Gasteiger partial charge in [-0.1, -0.05) is 6.58 Å². The Bertz CT molecular complexity index is 921. The number of fused-ring (bicyclic) bond motifs is 3. The third-order valence-electron chi connectivity index (χ3n) is 12.0. The highest BCUT2D eigenvalue weighted by Crippen LogP contribution is 2.66. The second kappa shape index (κ2) is 7.35. The molecular formula is C29H38O7. The van der Waals surface area contributed by atoms with Crippen molar-refractivity contribution >= 4 is 5.97 Å². The van der Waals surface area contributed by atoms with Gasteiger partial charge in [0.25, 0.3) is 0 Å². The third-order valence-corrected chi connectivity index (χ3v) is 12.0. The van der Waals surface area contributed by atoms with Crippen LogP contribution in [0.15, 0.2) is 12.7 Å². The van der Waals surface area contributed by atoms with Crippen LogP contribution >= 0.6 is 0 Å². The normalized spacial score (nSPS) is 61.1. The minimum atomic E-state index is -0.552. The molecule has 0 aromatic heterocycles. The van der Waals surface area contributed by atoms with E-state index in [0.29, 0.717) is 23.7 Å². The van der Waals surface area contributed by atoms with Crippen LogP contribution in [0.3, 0.4) is 0 Å². The van der Waals surface area contributed by atoms with Crippen molar-refractivity contribution in [2.24, 2.45) is 47.3 Å². The van der Waals surface area contributed by atoms with Gasteiger partial charge < -0.3 is 28.4 Å². The summed E-state index contributed by atoms with van der Waals surface area (Å²) in [5, 5.41) is 0. The standard InChI is InChI=1S/C29H38O7/c1-2-23(30)31-13-22-24-25(34-28(33-24)18-5-14-3-15(7-18)8-19(28)6-14)26-27(32-22)36-29(35-26)20-9-16-4-17(11-20)12-21(29)10-16/h2,14-22,24-27H,1,3-13H2/t14?,15?,16?,17?,18?,19?,20?,21?,22-,24+,25+,26-,27?,28?,29?/m1/s1. The summed E-state index contributed by atoms with van der Waals surface area (Å²) < 4.78 is 40.1. The van der Waals surface area contributed by atoms with E-state index < -0.39 is 29.9 Å². The molecule has 3 heterocycles. The number of hydrogen-bond donors (Lipinski definition) is 0. The van der Waals surface area contributed by atoms with Crippen molar-refractivity contribution in [3.63, 3.8) is 0 Å². The van der Waals surface area contributed by atoms with Crippen molar-refractivity contribution in [1.29, 1.82) is 0 Å². The van der Waals surface area contributed by atoms with Gasteiger partial charge in [-0.3, -0.25) is 0 Å². The van der Waals surface area contributed by atoms with Crippen molar-refractivity contribution in [3.05, 3.63) is 12.7 Å². The molecular weight excluding hydrogens is 460 g/mol. The summed E-state index contributed by atoms with van der Waals surface area (Å²) in [6.45, 7) is 3.66. The van der Waals surface area contributed by atoms with Crippen molar-refractivity contribution in [1.82, 2.24) is 0 Å². The predicted octanol–water partition coefficient (Wildman–Crippen LogP) is 3.94. The lowest BCUT2D eigenvalue weighted by Crippen LogP contribution is -2.59. The van der Waals surface area contributed by atoms with Crippen molar-refractivity contribution < 1.29 is 33.2 Å². The first kappa shape index (κ1) is 21.9. The minimum absolute atomic E-state index is 0.114. The minimum Gasteiger partial charge on any atom is -0.460 e. The van der Waals surface area contributed by atoms with Gasteiger partial charge in [0.15, 0.2) is 17.9 Å². The highest BCUT2D eigenvalue weighted by molar-refractivity contribution is 5.81. The molecule has 0 aromatic rings. The van der Waals surface area contributed by atoms with Crippen LogP contribution in [-0.2, 0) is 33.2 Å². The van der Waals surface area contributed by atoms with Crippen LogP contribution in [0.4, 0.5) is 0 Å². The topological polar surface area (TPSA) is 72.5 Å². The Labute approximate surface area is 212 Å². The van der Waals surface area contributed by atoms with Crippen LogP contribution in [0.2, 0.25) is 0 Å². The summed E-state index contributed by atoms with van der Waals surface area (Å²) in [6, 6.07) is 0. The molecule has 0 N–H and O–H groups in total. The lowest BCUT2D eigenvalue weighted by atomic mass is 9.53. The summed E-state index contributed by atoms with van der Waals surface area (Å²) in [7, 11) is 0. The molecule has 3 saturated heterocycles. The van der Waals surface area contributed by atoms with Gasteiger partial charge in [-0.15, -0.1) is 0 Å². The highest BCUT2D eigenvalue weighted by Gasteiger charge is 2.72. The van der Waals surface area contributed by atoms with Gasteiger partial charge in [0.1, 0.15) is 31.0 Å². The maximum Gasteiger partial charge on any atom is 0.330 e. The molecule has 11 aliphatic rings. The van der Waals surface area contributed by atoms with E-state index in [-0.39, 0.29) is 24.9 Å². The molecule has 8 saturated carbocycles. The van der Waals surface area contributed by atoms with Crippen molar-refractivity contribution in [2.75, 3.05) is 6.61 Å². The van der Waals surface area contributed by atoms with Gasteiger partial charge in [0.05, 0.1) is 0 Å². The second-order valence-corrected chi connectivity index (χ2v) is 13.8. The van der Waals surface area contributed by atoms with Crippen LogP contribution in [0.5, 0.6) is 0 Å². The maximum atomic E-state index is 12.0. The van der Waals surface area contributed by atoms with Gasteiger partial charge in [-0.05, 0) is 87.9 Å².